The van der Waals surface area contributed by atoms with Gasteiger partial charge in [0.05, 0.1) is 17.4 Å². The number of nitro benzene ring substituents is 1. The number of hydrogen-bond acceptors (Lipinski definition) is 4. The molecular weight excluding hydrogens is 260 g/mol. The highest BCUT2D eigenvalue weighted by Crippen LogP contribution is 2.10. The summed E-state index contributed by atoms with van der Waals surface area (Å²) in [6, 6.07) is 14.7. The van der Waals surface area contributed by atoms with Gasteiger partial charge in [0.1, 0.15) is 0 Å². The fourth-order valence-corrected chi connectivity index (χ4v) is 1.36. The molecule has 0 aliphatic carbocycles. The van der Waals surface area contributed by atoms with Gasteiger partial charge < -0.3 is 15.6 Å². The molecule has 0 aliphatic rings. The van der Waals surface area contributed by atoms with Crippen LogP contribution in [-0.2, 0) is 6.54 Å². The minimum Gasteiger partial charge on any atom is -0.545 e. The van der Waals surface area contributed by atoms with E-state index in [0.29, 0.717) is 0 Å². The summed E-state index contributed by atoms with van der Waals surface area (Å²) in [5.74, 6) is -1.34. The van der Waals surface area contributed by atoms with Crippen LogP contribution in [0.5, 0.6) is 0 Å². The number of non-ortho nitro benzene ring substituents is 1. The van der Waals surface area contributed by atoms with Gasteiger partial charge in [-0.1, -0.05) is 30.3 Å². The zero-order chi connectivity index (χ0) is 15.0. The molecule has 0 radical (unpaired) electrons. The molecule has 0 aliphatic heterocycles. The van der Waals surface area contributed by atoms with E-state index in [1.165, 1.54) is 5.56 Å². The Morgan fingerprint density at radius 2 is 1.60 bits per heavy atom. The summed E-state index contributed by atoms with van der Waals surface area (Å²) >= 11 is 0. The number of nitrogens with zero attached hydrogens (tertiary/aromatic N) is 1. The van der Waals surface area contributed by atoms with Gasteiger partial charge in [-0.3, -0.25) is 10.1 Å². The third-order valence-electron chi connectivity index (χ3n) is 2.45. The summed E-state index contributed by atoms with van der Waals surface area (Å²) in [4.78, 5) is 19.7. The maximum absolute atomic E-state index is 10.2. The average Bonchev–Trinajstić information content (AvgIpc) is 2.48. The van der Waals surface area contributed by atoms with E-state index in [4.69, 9.17) is 0 Å². The molecule has 0 saturated heterocycles. The van der Waals surface area contributed by atoms with Crippen molar-refractivity contribution in [2.75, 3.05) is 0 Å². The highest BCUT2D eigenvalue weighted by molar-refractivity contribution is 5.85. The van der Waals surface area contributed by atoms with Crippen LogP contribution in [0, 0.1) is 10.1 Å². The van der Waals surface area contributed by atoms with Crippen molar-refractivity contribution < 1.29 is 20.6 Å². The number of nitro groups is 1. The van der Waals surface area contributed by atoms with Crippen LogP contribution in [0.1, 0.15) is 15.9 Å². The van der Waals surface area contributed by atoms with Gasteiger partial charge in [-0.05, 0) is 17.7 Å². The highest BCUT2D eigenvalue weighted by atomic mass is 16.6. The Kier molecular flexibility index (Phi) is 5.86. The topological polar surface area (TPSA) is 111 Å². The van der Waals surface area contributed by atoms with Crippen molar-refractivity contribution in [3.63, 3.8) is 0 Å². The lowest BCUT2D eigenvalue weighted by Crippen LogP contribution is -2.47. The second-order valence-electron chi connectivity index (χ2n) is 3.83. The Balaban J connectivity index is 0.000000217. The molecular formula is C14H14N2O4. The van der Waals surface area contributed by atoms with Gasteiger partial charge in [-0.2, -0.15) is 0 Å². The number of rotatable bonds is 3. The summed E-state index contributed by atoms with van der Waals surface area (Å²) in [5, 5.41) is 20.3. The Labute approximate surface area is 115 Å². The molecule has 6 heteroatoms. The third-order valence-corrected chi connectivity index (χ3v) is 2.45. The van der Waals surface area contributed by atoms with Gasteiger partial charge in [-0.15, -0.1) is 0 Å². The Morgan fingerprint density at radius 3 is 1.95 bits per heavy atom. The summed E-state index contributed by atoms with van der Waals surface area (Å²) in [5.41, 5.74) is 4.85. The van der Waals surface area contributed by atoms with Gasteiger partial charge in [0.15, 0.2) is 0 Å². The molecule has 3 N–H and O–H groups in total. The minimum absolute atomic E-state index is 0.0689. The number of aromatic carboxylic acids is 1. The zero-order valence-electron chi connectivity index (χ0n) is 10.7. The van der Waals surface area contributed by atoms with Gasteiger partial charge in [-0.25, -0.2) is 0 Å². The molecule has 0 aromatic heterocycles. The summed E-state index contributed by atoms with van der Waals surface area (Å²) in [6.07, 6.45) is 0. The first-order chi connectivity index (χ1) is 9.54. The quantitative estimate of drug-likeness (QED) is 0.644. The molecule has 104 valence electrons. The minimum atomic E-state index is -1.34. The molecule has 0 fully saturated rings. The van der Waals surface area contributed by atoms with Crippen molar-refractivity contribution in [2.24, 2.45) is 0 Å². The van der Waals surface area contributed by atoms with Crippen molar-refractivity contribution in [3.8, 4) is 0 Å². The van der Waals surface area contributed by atoms with Crippen LogP contribution in [0.2, 0.25) is 0 Å². The number of carbonyl (C=O) groups is 1. The van der Waals surface area contributed by atoms with Crippen molar-refractivity contribution in [2.45, 2.75) is 6.54 Å². The zero-order valence-corrected chi connectivity index (χ0v) is 10.7. The summed E-state index contributed by atoms with van der Waals surface area (Å²) in [7, 11) is 0. The van der Waals surface area contributed by atoms with E-state index in [2.05, 4.69) is 17.9 Å². The number of carbonyl (C=O) groups excluding carboxylic acids is 1. The summed E-state index contributed by atoms with van der Waals surface area (Å²) < 4.78 is 0. The maximum atomic E-state index is 10.2. The molecule has 2 aromatic carbocycles. The van der Waals surface area contributed by atoms with E-state index in [0.717, 1.165) is 30.8 Å². The predicted octanol–water partition coefficient (Wildman–Crippen LogP) is 0.387. The molecule has 0 bridgehead atoms. The van der Waals surface area contributed by atoms with Crippen LogP contribution in [-0.4, -0.2) is 10.9 Å². The van der Waals surface area contributed by atoms with Crippen molar-refractivity contribution in [1.82, 2.24) is 0 Å². The van der Waals surface area contributed by atoms with Crippen molar-refractivity contribution in [1.29, 1.82) is 0 Å². The standard InChI is InChI=1S/C7H5NO4.C7H9N/c9-7(10)5-1-3-6(4-2-5)8(11)12;8-6-7-4-2-1-3-5-7/h1-4H,(H,9,10);1-5H,6,8H2. The molecule has 0 amide bonds. The molecule has 2 aromatic rings. The summed E-state index contributed by atoms with van der Waals surface area (Å²) in [6.45, 7) is 0.890. The van der Waals surface area contributed by atoms with Gasteiger partial charge in [0.25, 0.3) is 5.69 Å². The molecule has 0 atom stereocenters. The van der Waals surface area contributed by atoms with Gasteiger partial charge in [0.2, 0.25) is 0 Å². The maximum Gasteiger partial charge on any atom is 0.269 e. The molecule has 0 unspecified atom stereocenters. The van der Waals surface area contributed by atoms with E-state index in [-0.39, 0.29) is 11.3 Å². The lowest BCUT2D eigenvalue weighted by Gasteiger charge is -1.99. The lowest BCUT2D eigenvalue weighted by atomic mass is 10.2. The number of hydrogen-bond donors (Lipinski definition) is 1. The fraction of sp³-hybridized carbons (Fsp3) is 0.0714. The molecule has 0 spiro atoms. The number of carboxylic acids is 1. The van der Waals surface area contributed by atoms with E-state index in [1.54, 1.807) is 0 Å². The van der Waals surface area contributed by atoms with Crippen LogP contribution in [0.3, 0.4) is 0 Å². The predicted molar refractivity (Wildman–Crippen MR) is 70.5 cm³/mol. The Morgan fingerprint density at radius 1 is 1.05 bits per heavy atom. The van der Waals surface area contributed by atoms with Crippen LogP contribution in [0.25, 0.3) is 0 Å². The Hall–Kier alpha value is -2.73. The first-order valence-corrected chi connectivity index (χ1v) is 5.83. The monoisotopic (exact) mass is 274 g/mol. The van der Waals surface area contributed by atoms with Crippen molar-refractivity contribution in [3.05, 3.63) is 75.8 Å². The molecule has 0 saturated carbocycles. The second-order valence-corrected chi connectivity index (χ2v) is 3.83. The van der Waals surface area contributed by atoms with E-state index < -0.39 is 10.9 Å². The van der Waals surface area contributed by atoms with E-state index >= 15 is 0 Å². The van der Waals surface area contributed by atoms with Crippen LogP contribution in [0.4, 0.5) is 5.69 Å². The third kappa shape index (κ3) is 4.87. The smallest absolute Gasteiger partial charge is 0.269 e. The van der Waals surface area contributed by atoms with Crippen molar-refractivity contribution >= 4 is 11.7 Å². The van der Waals surface area contributed by atoms with Gasteiger partial charge in [0, 0.05) is 17.7 Å². The highest BCUT2D eigenvalue weighted by Gasteiger charge is 2.03. The second kappa shape index (κ2) is 7.65. The number of benzene rings is 2. The molecule has 6 nitrogen and oxygen atoms in total. The first-order valence-electron chi connectivity index (χ1n) is 5.83. The van der Waals surface area contributed by atoms with Gasteiger partial charge >= 0.3 is 0 Å². The SMILES string of the molecule is O=C([O-])c1ccc([N+](=O)[O-])cc1.[NH3+]Cc1ccccc1. The molecule has 2 rings (SSSR count). The Bertz CT molecular complexity index is 534. The normalized spacial score (nSPS) is 9.25. The van der Waals surface area contributed by atoms with Crippen LogP contribution >= 0.6 is 0 Å². The largest absolute Gasteiger partial charge is 0.545 e. The fourth-order valence-electron chi connectivity index (χ4n) is 1.36. The average molecular weight is 274 g/mol. The number of quaternary nitrogens is 1. The van der Waals surface area contributed by atoms with E-state index in [1.807, 2.05) is 18.2 Å². The van der Waals surface area contributed by atoms with Crippen LogP contribution < -0.4 is 10.8 Å². The molecule has 0 heterocycles. The first kappa shape index (κ1) is 15.3. The van der Waals surface area contributed by atoms with Crippen LogP contribution in [0.15, 0.2) is 54.6 Å². The number of carboxylic acid groups (broad SMARTS) is 1. The lowest BCUT2D eigenvalue weighted by molar-refractivity contribution is -0.386. The van der Waals surface area contributed by atoms with E-state index in [9.17, 15) is 20.0 Å². The molecule has 20 heavy (non-hydrogen) atoms.